The van der Waals surface area contributed by atoms with Crippen molar-refractivity contribution in [2.24, 2.45) is 0 Å². The van der Waals surface area contributed by atoms with Crippen molar-refractivity contribution >= 4 is 22.6 Å². The van der Waals surface area contributed by atoms with Crippen LogP contribution in [0, 0.1) is 0 Å². The van der Waals surface area contributed by atoms with Crippen molar-refractivity contribution in [1.29, 1.82) is 0 Å². The first-order valence-electron chi connectivity index (χ1n) is 16.1. The Labute approximate surface area is 257 Å². The summed E-state index contributed by atoms with van der Waals surface area (Å²) < 4.78 is 39.2. The Balaban J connectivity index is 1.81. The highest BCUT2D eigenvalue weighted by atomic mass is 28.4. The Kier molecular flexibility index (Phi) is 11.8. The van der Waals surface area contributed by atoms with E-state index in [9.17, 15) is 9.90 Å². The molecular weight excluding hydrogens is 569 g/mol. The summed E-state index contributed by atoms with van der Waals surface area (Å²) in [6, 6.07) is 0. The van der Waals surface area contributed by atoms with Crippen LogP contribution in [-0.2, 0) is 32.6 Å². The van der Waals surface area contributed by atoms with Gasteiger partial charge in [-0.1, -0.05) is 47.6 Å². The average Bonchev–Trinajstić information content (AvgIpc) is 2.85. The summed E-state index contributed by atoms with van der Waals surface area (Å²) in [5.74, 6) is -0.295. The molecule has 3 rings (SSSR count). The van der Waals surface area contributed by atoms with Gasteiger partial charge in [0.25, 0.3) is 0 Å². The van der Waals surface area contributed by atoms with E-state index in [0.29, 0.717) is 25.0 Å². The second-order valence-electron chi connectivity index (χ2n) is 15.5. The van der Waals surface area contributed by atoms with Gasteiger partial charge in [-0.05, 0) is 63.0 Å². The van der Waals surface area contributed by atoms with E-state index in [1.807, 2.05) is 13.0 Å². The third-order valence-electron chi connectivity index (χ3n) is 10.3. The molecule has 0 amide bonds. The van der Waals surface area contributed by atoms with E-state index >= 15 is 0 Å². The van der Waals surface area contributed by atoms with E-state index in [1.54, 1.807) is 6.92 Å². The van der Waals surface area contributed by atoms with Crippen LogP contribution >= 0.6 is 0 Å². The van der Waals surface area contributed by atoms with Crippen LogP contribution < -0.4 is 0 Å². The lowest BCUT2D eigenvalue weighted by Crippen LogP contribution is -2.62. The lowest BCUT2D eigenvalue weighted by atomic mass is 9.85. The number of hydrogen-bond donors (Lipinski definition) is 1. The molecule has 8 atom stereocenters. The SMILES string of the molecule is CCOC(=O)/C(C)=C/C[C@H]1O[C@H]2C[C@H]3O[C@@H](CCO)[C@H](O[Si](C)(C)C(C)(C)C)C[C@@H]3O[C@@H]2C[C@@H]1O[Si](C)(C)C(C)(C)C. The van der Waals surface area contributed by atoms with Crippen molar-refractivity contribution in [2.45, 2.75) is 173 Å². The van der Waals surface area contributed by atoms with Gasteiger partial charge >= 0.3 is 5.97 Å². The molecule has 3 aliphatic rings. The van der Waals surface area contributed by atoms with Gasteiger partial charge in [-0.15, -0.1) is 0 Å². The van der Waals surface area contributed by atoms with Crippen molar-refractivity contribution in [3.8, 4) is 0 Å². The first kappa shape index (κ1) is 35.9. The lowest BCUT2D eigenvalue weighted by Gasteiger charge is -2.53. The van der Waals surface area contributed by atoms with E-state index in [-0.39, 0.29) is 71.5 Å². The maximum Gasteiger partial charge on any atom is 0.333 e. The molecule has 3 aliphatic heterocycles. The Morgan fingerprint density at radius 2 is 1.26 bits per heavy atom. The van der Waals surface area contributed by atoms with E-state index in [4.69, 9.17) is 27.8 Å². The highest BCUT2D eigenvalue weighted by Gasteiger charge is 2.52. The molecule has 0 spiro atoms. The molecule has 0 bridgehead atoms. The first-order chi connectivity index (χ1) is 19.3. The number of esters is 1. The van der Waals surface area contributed by atoms with Crippen LogP contribution in [0.5, 0.6) is 0 Å². The summed E-state index contributed by atoms with van der Waals surface area (Å²) in [7, 11) is -4.15. The molecule has 3 fully saturated rings. The predicted molar refractivity (Wildman–Crippen MR) is 171 cm³/mol. The highest BCUT2D eigenvalue weighted by molar-refractivity contribution is 6.74. The Morgan fingerprint density at radius 1 is 0.810 bits per heavy atom. The molecule has 0 unspecified atom stereocenters. The third-order valence-corrected chi connectivity index (χ3v) is 19.3. The zero-order chi connectivity index (χ0) is 31.7. The van der Waals surface area contributed by atoms with Crippen molar-refractivity contribution in [2.75, 3.05) is 13.2 Å². The van der Waals surface area contributed by atoms with Gasteiger partial charge < -0.3 is 32.9 Å². The van der Waals surface area contributed by atoms with Gasteiger partial charge in [0.05, 0.1) is 55.4 Å². The minimum absolute atomic E-state index is 0.0524. The summed E-state index contributed by atoms with van der Waals surface area (Å²) in [6.45, 7) is 26.6. The van der Waals surface area contributed by atoms with Crippen LogP contribution in [0.3, 0.4) is 0 Å². The fourth-order valence-electron chi connectivity index (χ4n) is 5.59. The van der Waals surface area contributed by atoms with E-state index in [0.717, 1.165) is 19.3 Å². The largest absolute Gasteiger partial charge is 0.463 e. The fraction of sp³-hybridized carbons (Fsp3) is 0.906. The van der Waals surface area contributed by atoms with E-state index in [1.165, 1.54) is 0 Å². The number of aliphatic hydroxyl groups excluding tert-OH is 1. The molecule has 244 valence electrons. The summed E-state index contributed by atoms with van der Waals surface area (Å²) in [5.41, 5.74) is 0.587. The minimum atomic E-state index is -2.10. The first-order valence-corrected chi connectivity index (χ1v) is 21.9. The maximum absolute atomic E-state index is 12.3. The number of fused-ring (bicyclic) bond motifs is 2. The van der Waals surface area contributed by atoms with Gasteiger partial charge in [0, 0.05) is 31.4 Å². The summed E-state index contributed by atoms with van der Waals surface area (Å²) >= 11 is 0. The van der Waals surface area contributed by atoms with Crippen LogP contribution in [0.4, 0.5) is 0 Å². The fourth-order valence-corrected chi connectivity index (χ4v) is 8.30. The molecule has 0 aliphatic carbocycles. The summed E-state index contributed by atoms with van der Waals surface area (Å²) in [6.07, 6.45) is 4.22. The molecule has 0 aromatic rings. The van der Waals surface area contributed by atoms with Gasteiger partial charge in [0.1, 0.15) is 0 Å². The third kappa shape index (κ3) is 8.56. The second-order valence-corrected chi connectivity index (χ2v) is 25.0. The summed E-state index contributed by atoms with van der Waals surface area (Å²) in [5, 5.41) is 9.97. The normalized spacial score (nSPS) is 33.1. The van der Waals surface area contributed by atoms with Gasteiger partial charge in [0.2, 0.25) is 0 Å². The lowest BCUT2D eigenvalue weighted by molar-refractivity contribution is -0.278. The number of carbonyl (C=O) groups is 1. The monoisotopic (exact) mass is 628 g/mol. The van der Waals surface area contributed by atoms with Crippen molar-refractivity contribution < 1.29 is 37.7 Å². The maximum atomic E-state index is 12.3. The van der Waals surface area contributed by atoms with E-state index in [2.05, 4.69) is 67.7 Å². The number of aliphatic hydroxyl groups is 1. The van der Waals surface area contributed by atoms with Crippen molar-refractivity contribution in [3.05, 3.63) is 11.6 Å². The smallest absolute Gasteiger partial charge is 0.333 e. The number of rotatable bonds is 10. The van der Waals surface area contributed by atoms with Crippen LogP contribution in [0.2, 0.25) is 36.3 Å². The number of hydrogen-bond acceptors (Lipinski definition) is 8. The van der Waals surface area contributed by atoms with Gasteiger partial charge in [-0.3, -0.25) is 0 Å². The van der Waals surface area contributed by atoms with Crippen molar-refractivity contribution in [3.63, 3.8) is 0 Å². The molecule has 3 heterocycles. The van der Waals surface area contributed by atoms with Crippen LogP contribution in [0.15, 0.2) is 11.6 Å². The molecule has 1 N–H and O–H groups in total. The Morgan fingerprint density at radius 3 is 1.71 bits per heavy atom. The molecule has 8 nitrogen and oxygen atoms in total. The molecule has 42 heavy (non-hydrogen) atoms. The zero-order valence-electron chi connectivity index (χ0n) is 28.5. The molecule has 0 radical (unpaired) electrons. The Hall–Kier alpha value is -0.596. The van der Waals surface area contributed by atoms with Crippen LogP contribution in [0.1, 0.15) is 87.5 Å². The average molecular weight is 629 g/mol. The standard InChI is InChI=1S/C32H60O8Si2/c1-13-35-30(34)21(2)14-15-22-28(39-41(9,10)31(3,4)5)19-26-24(36-22)18-25-27(38-26)20-29(23(37-25)16-17-33)40-42(11,12)32(6,7)8/h14,22-29,33H,13,15-20H2,1-12H3/b21-14+/t22-,23+,24+,25-,26-,27+,28+,29-/m1/s1. The zero-order valence-corrected chi connectivity index (χ0v) is 30.5. The molecule has 10 heteroatoms. The molecule has 0 saturated carbocycles. The second kappa shape index (κ2) is 13.8. The van der Waals surface area contributed by atoms with Gasteiger partial charge in [-0.2, -0.15) is 0 Å². The Bertz CT molecular complexity index is 938. The topological polar surface area (TPSA) is 92.7 Å². The van der Waals surface area contributed by atoms with Gasteiger partial charge in [-0.25, -0.2) is 4.79 Å². The molecule has 0 aromatic carbocycles. The van der Waals surface area contributed by atoms with Crippen LogP contribution in [0.25, 0.3) is 0 Å². The number of ether oxygens (including phenoxy) is 4. The van der Waals surface area contributed by atoms with E-state index < -0.39 is 16.6 Å². The minimum Gasteiger partial charge on any atom is -0.463 e. The van der Waals surface area contributed by atoms with Crippen LogP contribution in [-0.4, -0.2) is 89.8 Å². The van der Waals surface area contributed by atoms with Crippen molar-refractivity contribution in [1.82, 2.24) is 0 Å². The summed E-state index contributed by atoms with van der Waals surface area (Å²) in [4.78, 5) is 12.3. The molecule has 3 saturated heterocycles. The quantitative estimate of drug-likeness (QED) is 0.166. The van der Waals surface area contributed by atoms with Gasteiger partial charge in [0.15, 0.2) is 16.6 Å². The molecular formula is C32H60O8Si2. The highest BCUT2D eigenvalue weighted by Crippen LogP contribution is 2.45. The molecule has 0 aromatic heterocycles. The number of carbonyl (C=O) groups excluding carboxylic acids is 1. The predicted octanol–water partition coefficient (Wildman–Crippen LogP) is 6.52.